The first-order chi connectivity index (χ1) is 15.1. The molecule has 8 nitrogen and oxygen atoms in total. The highest BCUT2D eigenvalue weighted by atomic mass is 16.5. The molecule has 0 unspecified atom stereocenters. The van der Waals surface area contributed by atoms with Gasteiger partial charge in [0.1, 0.15) is 5.75 Å². The third-order valence-corrected chi connectivity index (χ3v) is 4.28. The van der Waals surface area contributed by atoms with Crippen LogP contribution in [0.1, 0.15) is 26.4 Å². The Labute approximate surface area is 180 Å². The predicted molar refractivity (Wildman–Crippen MR) is 117 cm³/mol. The third-order valence-electron chi connectivity index (χ3n) is 4.28. The first kappa shape index (κ1) is 21.5. The number of carbonyl (C=O) groups is 2. The number of guanidine groups is 1. The Balaban J connectivity index is 1.77. The fraction of sp³-hybridized carbons (Fsp3) is 0.130. The lowest BCUT2D eigenvalue weighted by molar-refractivity contribution is 0.0600. The number of hydrogen-bond donors (Lipinski definition) is 2. The molecule has 0 fully saturated rings. The summed E-state index contributed by atoms with van der Waals surface area (Å²) in [5.41, 5.74) is 2.21. The molecule has 0 atom stereocenters. The van der Waals surface area contributed by atoms with E-state index >= 15 is 0 Å². The van der Waals surface area contributed by atoms with Crippen molar-refractivity contribution in [3.05, 3.63) is 89.7 Å². The van der Waals surface area contributed by atoms with E-state index in [0.29, 0.717) is 16.9 Å². The predicted octanol–water partition coefficient (Wildman–Crippen LogP) is 3.27. The van der Waals surface area contributed by atoms with Gasteiger partial charge in [-0.1, -0.05) is 6.07 Å². The average Bonchev–Trinajstić information content (AvgIpc) is 2.83. The van der Waals surface area contributed by atoms with E-state index in [4.69, 9.17) is 4.74 Å². The number of aromatic nitrogens is 1. The summed E-state index contributed by atoms with van der Waals surface area (Å²) >= 11 is 0. The number of ether oxygens (including phenoxy) is 2. The average molecular weight is 418 g/mol. The molecule has 0 aliphatic rings. The molecule has 1 amide bonds. The minimum atomic E-state index is -0.467. The number of aliphatic imine (C=N–C) groups is 1. The van der Waals surface area contributed by atoms with Gasteiger partial charge in [0.25, 0.3) is 5.91 Å². The SMILES string of the molecule is COC(=O)c1ccc(C(=O)NC(=NCc2ccccn2)Nc2ccc(OC)cc2)cc1. The molecule has 0 aliphatic heterocycles. The molecular formula is C23H22N4O4. The van der Waals surface area contributed by atoms with Gasteiger partial charge in [-0.05, 0) is 60.7 Å². The van der Waals surface area contributed by atoms with Crippen LogP contribution in [0.2, 0.25) is 0 Å². The van der Waals surface area contributed by atoms with Crippen LogP contribution in [-0.4, -0.2) is 37.0 Å². The minimum absolute atomic E-state index is 0.262. The van der Waals surface area contributed by atoms with Crippen molar-refractivity contribution < 1.29 is 19.1 Å². The second kappa shape index (κ2) is 10.5. The molecule has 3 aromatic rings. The Kier molecular flexibility index (Phi) is 7.31. The molecule has 1 aromatic heterocycles. The third kappa shape index (κ3) is 6.14. The van der Waals surface area contributed by atoms with Crippen molar-refractivity contribution in [2.24, 2.45) is 4.99 Å². The molecule has 3 rings (SSSR count). The molecule has 1 heterocycles. The maximum atomic E-state index is 12.7. The highest BCUT2D eigenvalue weighted by Gasteiger charge is 2.12. The second-order valence-electron chi connectivity index (χ2n) is 6.36. The molecular weight excluding hydrogens is 396 g/mol. The van der Waals surface area contributed by atoms with Crippen LogP contribution in [-0.2, 0) is 11.3 Å². The Bertz CT molecular complexity index is 1050. The fourth-order valence-electron chi connectivity index (χ4n) is 2.63. The van der Waals surface area contributed by atoms with Gasteiger partial charge in [-0.3, -0.25) is 15.1 Å². The number of anilines is 1. The standard InChI is InChI=1S/C23H22N4O4/c1-30-20-12-10-18(11-13-20)26-23(25-15-19-5-3-4-14-24-19)27-21(28)16-6-8-17(9-7-16)22(29)31-2/h3-14H,15H2,1-2H3,(H2,25,26,27,28). The number of hydrogen-bond acceptors (Lipinski definition) is 6. The lowest BCUT2D eigenvalue weighted by atomic mass is 10.1. The van der Waals surface area contributed by atoms with Crippen molar-refractivity contribution in [3.8, 4) is 5.75 Å². The van der Waals surface area contributed by atoms with Gasteiger partial charge in [0.15, 0.2) is 0 Å². The minimum Gasteiger partial charge on any atom is -0.497 e. The van der Waals surface area contributed by atoms with Crippen LogP contribution in [0.3, 0.4) is 0 Å². The summed E-state index contributed by atoms with van der Waals surface area (Å²) in [5, 5.41) is 5.87. The molecule has 0 aliphatic carbocycles. The van der Waals surface area contributed by atoms with Crippen LogP contribution in [0.5, 0.6) is 5.75 Å². The van der Waals surface area contributed by atoms with Gasteiger partial charge >= 0.3 is 5.97 Å². The lowest BCUT2D eigenvalue weighted by Gasteiger charge is -2.12. The summed E-state index contributed by atoms with van der Waals surface area (Å²) in [6.45, 7) is 0.279. The van der Waals surface area contributed by atoms with Gasteiger partial charge in [0.2, 0.25) is 5.96 Å². The lowest BCUT2D eigenvalue weighted by Crippen LogP contribution is -2.36. The number of methoxy groups -OCH3 is 2. The maximum absolute atomic E-state index is 12.7. The summed E-state index contributed by atoms with van der Waals surface area (Å²) in [6, 6.07) is 18.9. The van der Waals surface area contributed by atoms with E-state index in [-0.39, 0.29) is 18.4 Å². The quantitative estimate of drug-likeness (QED) is 0.362. The van der Waals surface area contributed by atoms with Crippen LogP contribution >= 0.6 is 0 Å². The number of nitrogens with zero attached hydrogens (tertiary/aromatic N) is 2. The molecule has 0 saturated heterocycles. The zero-order chi connectivity index (χ0) is 22.1. The maximum Gasteiger partial charge on any atom is 0.337 e. The molecule has 0 spiro atoms. The first-order valence-corrected chi connectivity index (χ1v) is 9.44. The van der Waals surface area contributed by atoms with E-state index in [0.717, 1.165) is 11.4 Å². The molecule has 0 bridgehead atoms. The van der Waals surface area contributed by atoms with Crippen LogP contribution in [0.15, 0.2) is 77.9 Å². The van der Waals surface area contributed by atoms with E-state index in [1.165, 1.54) is 19.2 Å². The van der Waals surface area contributed by atoms with Gasteiger partial charge in [0.05, 0.1) is 32.0 Å². The smallest absolute Gasteiger partial charge is 0.337 e. The highest BCUT2D eigenvalue weighted by Crippen LogP contribution is 2.15. The molecule has 0 saturated carbocycles. The monoisotopic (exact) mass is 418 g/mol. The number of rotatable bonds is 6. The Morgan fingerprint density at radius 1 is 0.935 bits per heavy atom. The van der Waals surface area contributed by atoms with Gasteiger partial charge in [-0.25, -0.2) is 9.79 Å². The van der Waals surface area contributed by atoms with E-state index in [1.807, 2.05) is 30.3 Å². The van der Waals surface area contributed by atoms with E-state index in [1.54, 1.807) is 37.6 Å². The Morgan fingerprint density at radius 3 is 2.26 bits per heavy atom. The highest BCUT2D eigenvalue weighted by molar-refractivity contribution is 6.10. The number of pyridine rings is 1. The van der Waals surface area contributed by atoms with Crippen molar-refractivity contribution >= 4 is 23.5 Å². The zero-order valence-electron chi connectivity index (χ0n) is 17.2. The van der Waals surface area contributed by atoms with Crippen LogP contribution in [0.25, 0.3) is 0 Å². The molecule has 8 heteroatoms. The summed E-state index contributed by atoms with van der Waals surface area (Å²) in [6.07, 6.45) is 1.68. The van der Waals surface area contributed by atoms with Gasteiger partial charge in [0, 0.05) is 17.4 Å². The molecule has 158 valence electrons. The fourth-order valence-corrected chi connectivity index (χ4v) is 2.63. The zero-order valence-corrected chi connectivity index (χ0v) is 17.2. The second-order valence-corrected chi connectivity index (χ2v) is 6.36. The van der Waals surface area contributed by atoms with Gasteiger partial charge in [-0.15, -0.1) is 0 Å². The first-order valence-electron chi connectivity index (χ1n) is 9.44. The molecule has 0 radical (unpaired) electrons. The van der Waals surface area contributed by atoms with Crippen molar-refractivity contribution in [1.29, 1.82) is 0 Å². The summed E-state index contributed by atoms with van der Waals surface area (Å²) in [7, 11) is 2.89. The van der Waals surface area contributed by atoms with Crippen LogP contribution < -0.4 is 15.4 Å². The number of benzene rings is 2. The van der Waals surface area contributed by atoms with Crippen molar-refractivity contribution in [3.63, 3.8) is 0 Å². The van der Waals surface area contributed by atoms with Gasteiger partial charge in [-0.2, -0.15) is 0 Å². The Hall–Kier alpha value is -4.20. The summed E-state index contributed by atoms with van der Waals surface area (Å²) in [4.78, 5) is 33.0. The van der Waals surface area contributed by atoms with Crippen molar-refractivity contribution in [2.75, 3.05) is 19.5 Å². The number of nitrogens with one attached hydrogen (secondary N) is 2. The van der Waals surface area contributed by atoms with E-state index in [2.05, 4.69) is 25.3 Å². The van der Waals surface area contributed by atoms with Crippen molar-refractivity contribution in [1.82, 2.24) is 10.3 Å². The van der Waals surface area contributed by atoms with Crippen LogP contribution in [0.4, 0.5) is 5.69 Å². The van der Waals surface area contributed by atoms with E-state index in [9.17, 15) is 9.59 Å². The largest absolute Gasteiger partial charge is 0.497 e. The van der Waals surface area contributed by atoms with Gasteiger partial charge < -0.3 is 14.8 Å². The number of esters is 1. The summed E-state index contributed by atoms with van der Waals surface area (Å²) in [5.74, 6) is 0.132. The van der Waals surface area contributed by atoms with Crippen molar-refractivity contribution in [2.45, 2.75) is 6.54 Å². The normalized spacial score (nSPS) is 10.8. The van der Waals surface area contributed by atoms with E-state index < -0.39 is 5.97 Å². The topological polar surface area (TPSA) is 102 Å². The number of carbonyl (C=O) groups excluding carboxylic acids is 2. The Morgan fingerprint density at radius 2 is 1.65 bits per heavy atom. The molecule has 31 heavy (non-hydrogen) atoms. The number of amides is 1. The van der Waals surface area contributed by atoms with Crippen LogP contribution in [0, 0.1) is 0 Å². The summed E-state index contributed by atoms with van der Waals surface area (Å²) < 4.78 is 9.84. The molecule has 2 N–H and O–H groups in total. The molecule has 2 aromatic carbocycles.